The first-order valence-corrected chi connectivity index (χ1v) is 5.60. The maximum absolute atomic E-state index is 9.24. The molecule has 1 atom stereocenters. The number of ether oxygens (including phenoxy) is 1. The Morgan fingerprint density at radius 3 is 2.50 bits per heavy atom. The van der Waals surface area contributed by atoms with Crippen LogP contribution in [0.1, 0.15) is 36.9 Å². The molecule has 1 unspecified atom stereocenters. The second-order valence-corrected chi connectivity index (χ2v) is 4.18. The predicted octanol–water partition coefficient (Wildman–Crippen LogP) is 2.07. The van der Waals surface area contributed by atoms with E-state index in [9.17, 15) is 5.11 Å². The molecule has 0 saturated carbocycles. The third-order valence-electron chi connectivity index (χ3n) is 2.81. The summed E-state index contributed by atoms with van der Waals surface area (Å²) in [6.07, 6.45) is 0. The lowest BCUT2D eigenvalue weighted by atomic mass is 9.97. The molecule has 0 aromatic heterocycles. The van der Waals surface area contributed by atoms with Crippen LogP contribution in [-0.4, -0.2) is 25.9 Å². The Morgan fingerprint density at radius 2 is 2.06 bits per heavy atom. The first kappa shape index (κ1) is 13.0. The van der Waals surface area contributed by atoms with Gasteiger partial charge in [-0.1, -0.05) is 26.0 Å². The highest BCUT2D eigenvalue weighted by Crippen LogP contribution is 2.29. The lowest BCUT2D eigenvalue weighted by Crippen LogP contribution is -2.20. The minimum atomic E-state index is -0.0107. The molecule has 0 saturated heterocycles. The van der Waals surface area contributed by atoms with Crippen LogP contribution in [0.25, 0.3) is 0 Å². The van der Waals surface area contributed by atoms with E-state index in [1.807, 2.05) is 19.2 Å². The molecule has 2 N–H and O–H groups in total. The Morgan fingerprint density at radius 1 is 1.38 bits per heavy atom. The molecule has 0 bridgehead atoms. The van der Waals surface area contributed by atoms with Gasteiger partial charge in [0, 0.05) is 0 Å². The molecule has 0 amide bonds. The Hall–Kier alpha value is -1.06. The lowest BCUT2D eigenvalue weighted by Gasteiger charge is -2.18. The van der Waals surface area contributed by atoms with Gasteiger partial charge in [-0.05, 0) is 30.2 Å². The minimum Gasteiger partial charge on any atom is -0.496 e. The first-order valence-electron chi connectivity index (χ1n) is 5.60. The highest BCUT2D eigenvalue weighted by molar-refractivity contribution is 5.40. The van der Waals surface area contributed by atoms with Gasteiger partial charge in [-0.3, -0.25) is 0 Å². The number of likely N-dealkylation sites (N-methyl/N-ethyl adjacent to an activating group) is 1. The fraction of sp³-hybridized carbons (Fsp3) is 0.538. The number of hydrogen-bond donors (Lipinski definition) is 2. The average molecular weight is 223 g/mol. The number of hydrogen-bond acceptors (Lipinski definition) is 3. The molecule has 0 aliphatic rings. The van der Waals surface area contributed by atoms with Crippen LogP contribution in [-0.2, 0) is 0 Å². The number of aliphatic hydroxyl groups is 1. The molecule has 0 radical (unpaired) electrons. The largest absolute Gasteiger partial charge is 0.496 e. The maximum atomic E-state index is 9.24. The number of rotatable bonds is 5. The normalized spacial score (nSPS) is 12.9. The van der Waals surface area contributed by atoms with E-state index < -0.39 is 0 Å². The van der Waals surface area contributed by atoms with Gasteiger partial charge < -0.3 is 15.2 Å². The van der Waals surface area contributed by atoms with Crippen molar-refractivity contribution < 1.29 is 9.84 Å². The number of methoxy groups -OCH3 is 1. The topological polar surface area (TPSA) is 41.5 Å². The highest BCUT2D eigenvalue weighted by atomic mass is 16.5. The summed E-state index contributed by atoms with van der Waals surface area (Å²) in [5.74, 6) is 1.32. The predicted molar refractivity (Wildman–Crippen MR) is 66.0 cm³/mol. The van der Waals surface area contributed by atoms with Crippen LogP contribution >= 0.6 is 0 Å². The zero-order valence-corrected chi connectivity index (χ0v) is 10.4. The van der Waals surface area contributed by atoms with Crippen LogP contribution in [0.3, 0.4) is 0 Å². The van der Waals surface area contributed by atoms with Crippen molar-refractivity contribution in [3.63, 3.8) is 0 Å². The maximum Gasteiger partial charge on any atom is 0.122 e. The van der Waals surface area contributed by atoms with Crippen molar-refractivity contribution in [2.75, 3.05) is 20.8 Å². The van der Waals surface area contributed by atoms with Gasteiger partial charge in [-0.15, -0.1) is 0 Å². The van der Waals surface area contributed by atoms with Crippen LogP contribution in [0.15, 0.2) is 18.2 Å². The minimum absolute atomic E-state index is 0.0107. The van der Waals surface area contributed by atoms with Crippen molar-refractivity contribution in [1.29, 1.82) is 0 Å². The van der Waals surface area contributed by atoms with Gasteiger partial charge in [0.05, 0.1) is 19.8 Å². The molecule has 1 aromatic carbocycles. The molecule has 16 heavy (non-hydrogen) atoms. The Bertz CT molecular complexity index is 333. The smallest absolute Gasteiger partial charge is 0.122 e. The van der Waals surface area contributed by atoms with E-state index in [4.69, 9.17) is 4.74 Å². The van der Waals surface area contributed by atoms with Crippen LogP contribution in [0.5, 0.6) is 5.75 Å². The zero-order chi connectivity index (χ0) is 12.1. The summed E-state index contributed by atoms with van der Waals surface area (Å²) < 4.78 is 5.33. The second-order valence-electron chi connectivity index (χ2n) is 4.18. The summed E-state index contributed by atoms with van der Waals surface area (Å²) in [6.45, 7) is 4.37. The van der Waals surface area contributed by atoms with Gasteiger partial charge in [0.1, 0.15) is 5.75 Å². The summed E-state index contributed by atoms with van der Waals surface area (Å²) in [4.78, 5) is 0. The van der Waals surface area contributed by atoms with E-state index in [0.29, 0.717) is 5.92 Å². The molecule has 0 aliphatic heterocycles. The van der Waals surface area contributed by atoms with Crippen molar-refractivity contribution >= 4 is 0 Å². The lowest BCUT2D eigenvalue weighted by molar-refractivity contribution is 0.251. The molecule has 90 valence electrons. The van der Waals surface area contributed by atoms with Crippen molar-refractivity contribution in [1.82, 2.24) is 5.32 Å². The van der Waals surface area contributed by atoms with E-state index in [1.54, 1.807) is 7.11 Å². The Balaban J connectivity index is 3.10. The number of benzene rings is 1. The molecule has 1 aromatic rings. The van der Waals surface area contributed by atoms with E-state index in [2.05, 4.69) is 25.2 Å². The van der Waals surface area contributed by atoms with Crippen LogP contribution in [0.2, 0.25) is 0 Å². The highest BCUT2D eigenvalue weighted by Gasteiger charge is 2.12. The van der Waals surface area contributed by atoms with Crippen molar-refractivity contribution in [3.05, 3.63) is 29.3 Å². The monoisotopic (exact) mass is 223 g/mol. The van der Waals surface area contributed by atoms with Gasteiger partial charge >= 0.3 is 0 Å². The van der Waals surface area contributed by atoms with Crippen molar-refractivity contribution in [2.24, 2.45) is 0 Å². The average Bonchev–Trinajstić information content (AvgIpc) is 2.30. The van der Waals surface area contributed by atoms with E-state index in [1.165, 1.54) is 5.56 Å². The fourth-order valence-electron chi connectivity index (χ4n) is 1.78. The summed E-state index contributed by atoms with van der Waals surface area (Å²) >= 11 is 0. The molecular formula is C13H21NO2. The van der Waals surface area contributed by atoms with Crippen molar-refractivity contribution in [3.8, 4) is 5.75 Å². The number of nitrogens with one attached hydrogen (secondary N) is 1. The Kier molecular flexibility index (Phi) is 4.77. The van der Waals surface area contributed by atoms with Gasteiger partial charge in [-0.2, -0.15) is 0 Å². The first-order chi connectivity index (χ1) is 7.63. The molecule has 1 rings (SSSR count). The van der Waals surface area contributed by atoms with E-state index in [-0.39, 0.29) is 12.6 Å². The summed E-state index contributed by atoms with van der Waals surface area (Å²) in [5.41, 5.74) is 2.27. The molecule has 0 aliphatic carbocycles. The second kappa shape index (κ2) is 5.87. The molecule has 0 heterocycles. The zero-order valence-electron chi connectivity index (χ0n) is 10.4. The molecule has 3 heteroatoms. The number of aliphatic hydroxyl groups excluding tert-OH is 1. The van der Waals surface area contributed by atoms with Gasteiger partial charge in [0.25, 0.3) is 0 Å². The van der Waals surface area contributed by atoms with Gasteiger partial charge in [0.15, 0.2) is 0 Å². The van der Waals surface area contributed by atoms with Crippen LogP contribution in [0.4, 0.5) is 0 Å². The molecule has 0 spiro atoms. The molecule has 0 fully saturated rings. The van der Waals surface area contributed by atoms with Gasteiger partial charge in [-0.25, -0.2) is 0 Å². The summed E-state index contributed by atoms with van der Waals surface area (Å²) in [5, 5.41) is 12.3. The summed E-state index contributed by atoms with van der Waals surface area (Å²) in [7, 11) is 3.53. The third kappa shape index (κ3) is 2.74. The third-order valence-corrected chi connectivity index (χ3v) is 2.81. The molecular weight excluding hydrogens is 202 g/mol. The van der Waals surface area contributed by atoms with Crippen LogP contribution < -0.4 is 10.1 Å². The van der Waals surface area contributed by atoms with E-state index in [0.717, 1.165) is 11.3 Å². The SMILES string of the molecule is CNC(CO)c1ccc(OC)c(C(C)C)c1. The van der Waals surface area contributed by atoms with E-state index >= 15 is 0 Å². The Labute approximate surface area is 97.4 Å². The van der Waals surface area contributed by atoms with Gasteiger partial charge in [0.2, 0.25) is 0 Å². The van der Waals surface area contributed by atoms with Crippen molar-refractivity contribution in [2.45, 2.75) is 25.8 Å². The molecule has 3 nitrogen and oxygen atoms in total. The quantitative estimate of drug-likeness (QED) is 0.803. The van der Waals surface area contributed by atoms with Crippen LogP contribution in [0, 0.1) is 0 Å². The standard InChI is InChI=1S/C13H21NO2/c1-9(2)11-7-10(12(8-15)14-3)5-6-13(11)16-4/h5-7,9,12,14-15H,8H2,1-4H3. The fourth-order valence-corrected chi connectivity index (χ4v) is 1.78. The summed E-state index contributed by atoms with van der Waals surface area (Å²) in [6, 6.07) is 6.04.